The van der Waals surface area contributed by atoms with Crippen molar-refractivity contribution in [2.75, 3.05) is 6.61 Å². The lowest BCUT2D eigenvalue weighted by molar-refractivity contribution is -0.127. The lowest BCUT2D eigenvalue weighted by Crippen LogP contribution is -2.38. The number of aliphatic hydroxyl groups is 3. The molecule has 0 saturated carbocycles. The van der Waals surface area contributed by atoms with Crippen molar-refractivity contribution in [3.05, 3.63) is 34.6 Å². The third-order valence-corrected chi connectivity index (χ3v) is 5.12. The molecule has 1 rings (SSSR count). The standard InChI is InChI=1S/C21H32O5/c1-6-15(5)18(23)17-19(24)16(10-9-13(2)3)21(26,20(17)25)11-7-8-14(4)12-22/h8-9,15-16,22,25-26H,6-7,10-12H2,1-5H3/b14-8+/t15?,16-,21-/m1/s1. The maximum atomic E-state index is 12.9. The zero-order chi connectivity index (χ0) is 20.1. The van der Waals surface area contributed by atoms with Gasteiger partial charge in [-0.2, -0.15) is 0 Å². The van der Waals surface area contributed by atoms with Crippen LogP contribution in [0.25, 0.3) is 0 Å². The molecule has 0 amide bonds. The van der Waals surface area contributed by atoms with Gasteiger partial charge >= 0.3 is 0 Å². The molecule has 5 nitrogen and oxygen atoms in total. The summed E-state index contributed by atoms with van der Waals surface area (Å²) in [4.78, 5) is 25.5. The molecular formula is C21H32O5. The molecular weight excluding hydrogens is 332 g/mol. The van der Waals surface area contributed by atoms with E-state index in [-0.39, 0.29) is 30.9 Å². The first kappa shape index (κ1) is 22.3. The normalized spacial score (nSPS) is 24.8. The van der Waals surface area contributed by atoms with Crippen molar-refractivity contribution >= 4 is 11.6 Å². The first-order valence-electron chi connectivity index (χ1n) is 9.24. The number of hydrogen-bond acceptors (Lipinski definition) is 5. The topological polar surface area (TPSA) is 94.8 Å². The van der Waals surface area contributed by atoms with Crippen LogP contribution in [0.15, 0.2) is 34.6 Å². The number of carbonyl (C=O) groups excluding carboxylic acids is 2. The SMILES string of the molecule is CCC(C)C(=O)C1=C(O)[C@@](O)(CC/C=C(\C)CO)[C@H](CC=C(C)C)C1=O. The van der Waals surface area contributed by atoms with Gasteiger partial charge in [0.2, 0.25) is 0 Å². The number of aliphatic hydroxyl groups excluding tert-OH is 2. The van der Waals surface area contributed by atoms with Crippen molar-refractivity contribution in [3.8, 4) is 0 Å². The van der Waals surface area contributed by atoms with Gasteiger partial charge in [-0.15, -0.1) is 0 Å². The molecule has 26 heavy (non-hydrogen) atoms. The Labute approximate surface area is 156 Å². The molecule has 1 aliphatic carbocycles. The second kappa shape index (κ2) is 9.28. The Morgan fingerprint density at radius 2 is 1.88 bits per heavy atom. The van der Waals surface area contributed by atoms with Gasteiger partial charge in [0.05, 0.1) is 12.5 Å². The number of ketones is 2. The van der Waals surface area contributed by atoms with E-state index in [2.05, 4.69) is 0 Å². The van der Waals surface area contributed by atoms with Crippen LogP contribution in [0, 0.1) is 11.8 Å². The second-order valence-electron chi connectivity index (χ2n) is 7.50. The van der Waals surface area contributed by atoms with Crippen molar-refractivity contribution in [3.63, 3.8) is 0 Å². The number of rotatable bonds is 9. The Balaban J connectivity index is 3.27. The van der Waals surface area contributed by atoms with Crippen LogP contribution in [0.3, 0.4) is 0 Å². The molecule has 0 heterocycles. The number of hydrogen-bond donors (Lipinski definition) is 3. The summed E-state index contributed by atoms with van der Waals surface area (Å²) >= 11 is 0. The highest BCUT2D eigenvalue weighted by molar-refractivity contribution is 6.24. The van der Waals surface area contributed by atoms with Crippen LogP contribution in [0.1, 0.15) is 60.3 Å². The molecule has 0 saturated heterocycles. The van der Waals surface area contributed by atoms with E-state index < -0.39 is 28.8 Å². The summed E-state index contributed by atoms with van der Waals surface area (Å²) in [5, 5.41) is 30.9. The van der Waals surface area contributed by atoms with E-state index in [0.29, 0.717) is 12.8 Å². The van der Waals surface area contributed by atoms with E-state index >= 15 is 0 Å². The van der Waals surface area contributed by atoms with Crippen LogP contribution >= 0.6 is 0 Å². The minimum atomic E-state index is -1.76. The molecule has 5 heteroatoms. The molecule has 0 aromatic carbocycles. The molecule has 1 unspecified atom stereocenters. The van der Waals surface area contributed by atoms with Gasteiger partial charge in [0.25, 0.3) is 0 Å². The van der Waals surface area contributed by atoms with Gasteiger partial charge in [-0.05, 0) is 46.5 Å². The maximum absolute atomic E-state index is 12.9. The van der Waals surface area contributed by atoms with Crippen LogP contribution in [-0.4, -0.2) is 39.1 Å². The molecule has 146 valence electrons. The molecule has 0 fully saturated rings. The summed E-state index contributed by atoms with van der Waals surface area (Å²) < 4.78 is 0. The van der Waals surface area contributed by atoms with Crippen molar-refractivity contribution < 1.29 is 24.9 Å². The van der Waals surface area contributed by atoms with Gasteiger partial charge in [-0.1, -0.05) is 37.1 Å². The number of Topliss-reactive ketones (excluding diaryl/α,β-unsaturated/α-hetero) is 2. The zero-order valence-corrected chi connectivity index (χ0v) is 16.5. The highest BCUT2D eigenvalue weighted by Crippen LogP contribution is 2.43. The Morgan fingerprint density at radius 3 is 2.38 bits per heavy atom. The van der Waals surface area contributed by atoms with Crippen molar-refractivity contribution in [2.24, 2.45) is 11.8 Å². The van der Waals surface area contributed by atoms with E-state index in [9.17, 15) is 19.8 Å². The molecule has 0 aliphatic heterocycles. The number of allylic oxidation sites excluding steroid dienone is 4. The Kier molecular flexibility index (Phi) is 7.97. The van der Waals surface area contributed by atoms with E-state index in [0.717, 1.165) is 11.1 Å². The first-order chi connectivity index (χ1) is 12.1. The van der Waals surface area contributed by atoms with Crippen LogP contribution < -0.4 is 0 Å². The Bertz CT molecular complexity index is 637. The van der Waals surface area contributed by atoms with Gasteiger partial charge in [0.15, 0.2) is 11.6 Å². The molecule has 3 atom stereocenters. The van der Waals surface area contributed by atoms with Gasteiger partial charge in [-0.3, -0.25) is 9.59 Å². The summed E-state index contributed by atoms with van der Waals surface area (Å²) in [7, 11) is 0. The van der Waals surface area contributed by atoms with Crippen molar-refractivity contribution in [1.29, 1.82) is 0 Å². The summed E-state index contributed by atoms with van der Waals surface area (Å²) in [5.41, 5.74) is -0.249. The van der Waals surface area contributed by atoms with Gasteiger partial charge in [-0.25, -0.2) is 0 Å². The van der Waals surface area contributed by atoms with Gasteiger partial charge in [0.1, 0.15) is 16.9 Å². The molecule has 0 bridgehead atoms. The minimum absolute atomic E-state index is 0.0852. The van der Waals surface area contributed by atoms with Crippen LogP contribution in [0.4, 0.5) is 0 Å². The highest BCUT2D eigenvalue weighted by Gasteiger charge is 2.54. The van der Waals surface area contributed by atoms with E-state index in [1.54, 1.807) is 19.9 Å². The first-order valence-corrected chi connectivity index (χ1v) is 9.24. The van der Waals surface area contributed by atoms with Crippen molar-refractivity contribution in [2.45, 2.75) is 65.9 Å². The van der Waals surface area contributed by atoms with Gasteiger partial charge in [0, 0.05) is 5.92 Å². The van der Waals surface area contributed by atoms with E-state index in [1.807, 2.05) is 26.8 Å². The van der Waals surface area contributed by atoms with E-state index in [4.69, 9.17) is 5.11 Å². The Hall–Kier alpha value is -1.72. The molecule has 3 N–H and O–H groups in total. The largest absolute Gasteiger partial charge is 0.508 e. The summed E-state index contributed by atoms with van der Waals surface area (Å²) in [6, 6.07) is 0. The van der Waals surface area contributed by atoms with Crippen LogP contribution in [-0.2, 0) is 9.59 Å². The summed E-state index contributed by atoms with van der Waals surface area (Å²) in [5.74, 6) is -2.64. The predicted molar refractivity (Wildman–Crippen MR) is 102 cm³/mol. The molecule has 0 radical (unpaired) electrons. The zero-order valence-electron chi connectivity index (χ0n) is 16.5. The summed E-state index contributed by atoms with van der Waals surface area (Å²) in [6.07, 6.45) is 4.92. The van der Waals surface area contributed by atoms with Gasteiger partial charge < -0.3 is 15.3 Å². The monoisotopic (exact) mass is 364 g/mol. The maximum Gasteiger partial charge on any atom is 0.176 e. The second-order valence-corrected chi connectivity index (χ2v) is 7.50. The molecule has 0 aromatic rings. The quantitative estimate of drug-likeness (QED) is 0.430. The molecule has 0 aromatic heterocycles. The predicted octanol–water partition coefficient (Wildman–Crippen LogP) is 3.42. The Morgan fingerprint density at radius 1 is 1.27 bits per heavy atom. The lowest BCUT2D eigenvalue weighted by atomic mass is 9.82. The smallest absolute Gasteiger partial charge is 0.176 e. The van der Waals surface area contributed by atoms with Crippen LogP contribution in [0.5, 0.6) is 0 Å². The highest BCUT2D eigenvalue weighted by atomic mass is 16.3. The third-order valence-electron chi connectivity index (χ3n) is 5.12. The molecule has 1 aliphatic rings. The fourth-order valence-electron chi connectivity index (χ4n) is 3.11. The average Bonchev–Trinajstić information content (AvgIpc) is 2.77. The summed E-state index contributed by atoms with van der Waals surface area (Å²) in [6.45, 7) is 9.02. The fourth-order valence-corrected chi connectivity index (χ4v) is 3.11. The number of carbonyl (C=O) groups is 2. The van der Waals surface area contributed by atoms with Crippen LogP contribution in [0.2, 0.25) is 0 Å². The fraction of sp³-hybridized carbons (Fsp3) is 0.619. The molecule has 0 spiro atoms. The minimum Gasteiger partial charge on any atom is -0.508 e. The van der Waals surface area contributed by atoms with E-state index in [1.165, 1.54) is 0 Å². The van der Waals surface area contributed by atoms with Crippen molar-refractivity contribution in [1.82, 2.24) is 0 Å². The average molecular weight is 364 g/mol. The third kappa shape index (κ3) is 4.71. The lowest BCUT2D eigenvalue weighted by Gasteiger charge is -2.28.